The van der Waals surface area contributed by atoms with Crippen molar-refractivity contribution in [2.75, 3.05) is 13.1 Å². The number of hydrogen-bond donors (Lipinski definition) is 1. The van der Waals surface area contributed by atoms with Gasteiger partial charge in [0.15, 0.2) is 0 Å². The quantitative estimate of drug-likeness (QED) is 0.793. The Morgan fingerprint density at radius 2 is 1.94 bits per heavy atom. The minimum atomic E-state index is -0.182. The van der Waals surface area contributed by atoms with E-state index >= 15 is 0 Å². The van der Waals surface area contributed by atoms with Crippen LogP contribution in [-0.4, -0.2) is 29.9 Å². The lowest BCUT2D eigenvalue weighted by Gasteiger charge is -2.44. The molecule has 3 nitrogen and oxygen atoms in total. The van der Waals surface area contributed by atoms with Gasteiger partial charge in [-0.2, -0.15) is 0 Å². The third-order valence-corrected chi connectivity index (χ3v) is 4.52. The average Bonchev–Trinajstić information content (AvgIpc) is 2.71. The first kappa shape index (κ1) is 11.9. The summed E-state index contributed by atoms with van der Waals surface area (Å²) in [4.78, 5) is 14.7. The van der Waals surface area contributed by atoms with Gasteiger partial charge in [0.25, 0.3) is 0 Å². The summed E-state index contributed by atoms with van der Waals surface area (Å²) >= 11 is 0. The molecular weight excluding hydrogens is 200 g/mol. The predicted octanol–water partition coefficient (Wildman–Crippen LogP) is 1.91. The second kappa shape index (κ2) is 4.74. The van der Waals surface area contributed by atoms with Crippen LogP contribution in [0.2, 0.25) is 0 Å². The Labute approximate surface area is 98.4 Å². The van der Waals surface area contributed by atoms with E-state index in [-0.39, 0.29) is 5.41 Å². The summed E-state index contributed by atoms with van der Waals surface area (Å²) in [6.07, 6.45) is 8.14. The molecule has 0 heterocycles. The van der Waals surface area contributed by atoms with Crippen LogP contribution in [0.25, 0.3) is 0 Å². The van der Waals surface area contributed by atoms with E-state index in [1.165, 1.54) is 32.1 Å². The molecule has 3 heteroatoms. The topological polar surface area (TPSA) is 46.3 Å². The molecule has 0 unspecified atom stereocenters. The maximum atomic E-state index is 12.5. The molecule has 2 saturated carbocycles. The fourth-order valence-corrected chi connectivity index (χ4v) is 3.20. The average molecular weight is 224 g/mol. The molecule has 0 aromatic heterocycles. The Hall–Kier alpha value is -0.570. The Kier molecular flexibility index (Phi) is 3.53. The van der Waals surface area contributed by atoms with E-state index in [2.05, 4.69) is 11.8 Å². The molecule has 0 atom stereocenters. The van der Waals surface area contributed by atoms with E-state index in [0.29, 0.717) is 18.5 Å². The second-order valence-corrected chi connectivity index (χ2v) is 5.37. The highest BCUT2D eigenvalue weighted by molar-refractivity contribution is 5.84. The summed E-state index contributed by atoms with van der Waals surface area (Å²) in [5.74, 6) is 0.343. The molecule has 0 saturated heterocycles. The maximum absolute atomic E-state index is 12.5. The van der Waals surface area contributed by atoms with Gasteiger partial charge in [0.2, 0.25) is 5.91 Å². The Morgan fingerprint density at radius 3 is 2.31 bits per heavy atom. The van der Waals surface area contributed by atoms with Gasteiger partial charge >= 0.3 is 0 Å². The van der Waals surface area contributed by atoms with Gasteiger partial charge in [-0.1, -0.05) is 19.3 Å². The Bertz CT molecular complexity index is 249. The monoisotopic (exact) mass is 224 g/mol. The van der Waals surface area contributed by atoms with Crippen LogP contribution in [0.5, 0.6) is 0 Å². The second-order valence-electron chi connectivity index (χ2n) is 5.37. The van der Waals surface area contributed by atoms with Crippen molar-refractivity contribution in [3.63, 3.8) is 0 Å². The number of amides is 1. The zero-order valence-electron chi connectivity index (χ0n) is 10.4. The summed E-state index contributed by atoms with van der Waals surface area (Å²) in [7, 11) is 0. The van der Waals surface area contributed by atoms with E-state index < -0.39 is 0 Å². The first-order chi connectivity index (χ1) is 7.73. The van der Waals surface area contributed by atoms with Gasteiger partial charge in [-0.15, -0.1) is 0 Å². The molecule has 0 aromatic carbocycles. The molecule has 2 fully saturated rings. The fourth-order valence-electron chi connectivity index (χ4n) is 3.20. The highest BCUT2D eigenvalue weighted by atomic mass is 16.2. The molecule has 2 aliphatic rings. The van der Waals surface area contributed by atoms with Gasteiger partial charge in [-0.3, -0.25) is 4.79 Å². The van der Waals surface area contributed by atoms with Crippen molar-refractivity contribution in [2.24, 2.45) is 11.1 Å². The maximum Gasteiger partial charge on any atom is 0.230 e. The van der Waals surface area contributed by atoms with Crippen molar-refractivity contribution in [1.82, 2.24) is 4.90 Å². The Morgan fingerprint density at radius 1 is 1.31 bits per heavy atom. The molecule has 1 amide bonds. The van der Waals surface area contributed by atoms with Crippen molar-refractivity contribution < 1.29 is 4.79 Å². The van der Waals surface area contributed by atoms with Crippen LogP contribution in [0.1, 0.15) is 51.9 Å². The Balaban J connectivity index is 2.05. The number of nitrogens with two attached hydrogens (primary N) is 1. The SMILES string of the molecule is CCN(C(=O)C1(CN)CCC1)C1CCCC1. The van der Waals surface area contributed by atoms with Crippen LogP contribution < -0.4 is 5.73 Å². The van der Waals surface area contributed by atoms with Crippen LogP contribution in [0.3, 0.4) is 0 Å². The molecule has 2 rings (SSSR count). The molecular formula is C13H24N2O. The van der Waals surface area contributed by atoms with Crippen molar-refractivity contribution in [3.8, 4) is 0 Å². The number of rotatable bonds is 4. The third kappa shape index (κ3) is 1.86. The molecule has 0 aliphatic heterocycles. The van der Waals surface area contributed by atoms with E-state index in [9.17, 15) is 4.79 Å². The normalized spacial score (nSPS) is 24.1. The molecule has 2 aliphatic carbocycles. The third-order valence-electron chi connectivity index (χ3n) is 4.52. The van der Waals surface area contributed by atoms with Gasteiger partial charge in [0, 0.05) is 19.1 Å². The number of carbonyl (C=O) groups excluding carboxylic acids is 1. The van der Waals surface area contributed by atoms with Crippen LogP contribution in [0.4, 0.5) is 0 Å². The number of hydrogen-bond acceptors (Lipinski definition) is 2. The predicted molar refractivity (Wildman–Crippen MR) is 65.0 cm³/mol. The molecule has 92 valence electrons. The standard InChI is InChI=1S/C13H24N2O/c1-2-15(11-6-3-4-7-11)12(16)13(10-14)8-5-9-13/h11H,2-10,14H2,1H3. The van der Waals surface area contributed by atoms with E-state index in [4.69, 9.17) is 5.73 Å². The molecule has 0 bridgehead atoms. The van der Waals surface area contributed by atoms with Crippen molar-refractivity contribution in [1.29, 1.82) is 0 Å². The van der Waals surface area contributed by atoms with Crippen LogP contribution in [0, 0.1) is 5.41 Å². The summed E-state index contributed by atoms with van der Waals surface area (Å²) < 4.78 is 0. The van der Waals surface area contributed by atoms with E-state index in [1.54, 1.807) is 0 Å². The number of carbonyl (C=O) groups is 1. The van der Waals surface area contributed by atoms with Gasteiger partial charge in [0.1, 0.15) is 0 Å². The van der Waals surface area contributed by atoms with Crippen LogP contribution >= 0.6 is 0 Å². The zero-order chi connectivity index (χ0) is 11.6. The molecule has 2 N–H and O–H groups in total. The minimum absolute atomic E-state index is 0.182. The molecule has 0 spiro atoms. The van der Waals surface area contributed by atoms with Gasteiger partial charge in [-0.25, -0.2) is 0 Å². The first-order valence-corrected chi connectivity index (χ1v) is 6.74. The number of nitrogens with zero attached hydrogens (tertiary/aromatic N) is 1. The van der Waals surface area contributed by atoms with Crippen LogP contribution in [-0.2, 0) is 4.79 Å². The minimum Gasteiger partial charge on any atom is -0.339 e. The largest absolute Gasteiger partial charge is 0.339 e. The highest BCUT2D eigenvalue weighted by Gasteiger charge is 2.46. The first-order valence-electron chi connectivity index (χ1n) is 6.74. The molecule has 0 radical (unpaired) electrons. The summed E-state index contributed by atoms with van der Waals surface area (Å²) in [6, 6.07) is 0.501. The summed E-state index contributed by atoms with van der Waals surface area (Å²) in [5, 5.41) is 0. The lowest BCUT2D eigenvalue weighted by atomic mass is 9.67. The van der Waals surface area contributed by atoms with Gasteiger partial charge < -0.3 is 10.6 Å². The summed E-state index contributed by atoms with van der Waals surface area (Å²) in [5.41, 5.74) is 5.63. The lowest BCUT2D eigenvalue weighted by molar-refractivity contribution is -0.148. The fraction of sp³-hybridized carbons (Fsp3) is 0.923. The van der Waals surface area contributed by atoms with Crippen LogP contribution in [0.15, 0.2) is 0 Å². The highest BCUT2D eigenvalue weighted by Crippen LogP contribution is 2.42. The van der Waals surface area contributed by atoms with Gasteiger partial charge in [0.05, 0.1) is 5.41 Å². The lowest BCUT2D eigenvalue weighted by Crippen LogP contribution is -2.54. The van der Waals surface area contributed by atoms with Crippen molar-refractivity contribution in [2.45, 2.75) is 57.9 Å². The van der Waals surface area contributed by atoms with Crippen molar-refractivity contribution in [3.05, 3.63) is 0 Å². The van der Waals surface area contributed by atoms with E-state index in [0.717, 1.165) is 19.4 Å². The van der Waals surface area contributed by atoms with E-state index in [1.807, 2.05) is 0 Å². The molecule has 0 aromatic rings. The zero-order valence-corrected chi connectivity index (χ0v) is 10.4. The molecule has 16 heavy (non-hydrogen) atoms. The van der Waals surface area contributed by atoms with Crippen molar-refractivity contribution >= 4 is 5.91 Å². The van der Waals surface area contributed by atoms with Gasteiger partial charge in [-0.05, 0) is 32.6 Å². The summed E-state index contributed by atoms with van der Waals surface area (Å²) in [6.45, 7) is 3.49. The smallest absolute Gasteiger partial charge is 0.230 e.